The fraction of sp³-hybridized carbons (Fsp3) is 0.353. The Morgan fingerprint density at radius 3 is 2.75 bits per heavy atom. The van der Waals surface area contributed by atoms with Crippen molar-refractivity contribution in [3.05, 3.63) is 62.5 Å². The van der Waals surface area contributed by atoms with Gasteiger partial charge in [0.25, 0.3) is 0 Å². The highest BCUT2D eigenvalue weighted by Gasteiger charge is 2.18. The number of rotatable bonds is 5. The molecule has 0 bridgehead atoms. The molecule has 0 N–H and O–H groups in total. The second-order valence-electron chi connectivity index (χ2n) is 5.91. The maximum atomic E-state index is 6.01. The highest BCUT2D eigenvalue weighted by molar-refractivity contribution is 9.10. The van der Waals surface area contributed by atoms with E-state index in [1.807, 2.05) is 42.8 Å². The van der Waals surface area contributed by atoms with Gasteiger partial charge < -0.3 is 4.42 Å². The van der Waals surface area contributed by atoms with E-state index in [9.17, 15) is 0 Å². The van der Waals surface area contributed by atoms with Crippen molar-refractivity contribution in [1.82, 2.24) is 20.0 Å². The SMILES string of the molecule is Cc1nn(CC(C)c2nnc(Cc3cccc(Cl)c3)o2)c(C)c1Br. The molecule has 2 aromatic heterocycles. The van der Waals surface area contributed by atoms with Gasteiger partial charge in [-0.1, -0.05) is 30.7 Å². The number of halogens is 2. The van der Waals surface area contributed by atoms with E-state index in [1.165, 1.54) is 0 Å². The van der Waals surface area contributed by atoms with Crippen LogP contribution in [0, 0.1) is 13.8 Å². The third-order valence-electron chi connectivity index (χ3n) is 3.89. The monoisotopic (exact) mass is 408 g/mol. The fourth-order valence-corrected chi connectivity index (χ4v) is 3.05. The number of aryl methyl sites for hydroxylation is 1. The third-order valence-corrected chi connectivity index (χ3v) is 5.27. The molecule has 3 rings (SSSR count). The molecule has 5 nitrogen and oxygen atoms in total. The van der Waals surface area contributed by atoms with Crippen LogP contribution in [0.4, 0.5) is 0 Å². The molecule has 7 heteroatoms. The predicted octanol–water partition coefficient (Wildman–Crippen LogP) is 4.69. The Labute approximate surface area is 154 Å². The number of nitrogens with zero attached hydrogens (tertiary/aromatic N) is 4. The Balaban J connectivity index is 1.71. The van der Waals surface area contributed by atoms with Gasteiger partial charge in [-0.25, -0.2) is 0 Å². The van der Waals surface area contributed by atoms with Crippen molar-refractivity contribution >= 4 is 27.5 Å². The Hall–Kier alpha value is -1.66. The van der Waals surface area contributed by atoms with Crippen LogP contribution in [0.2, 0.25) is 5.02 Å². The fourth-order valence-electron chi connectivity index (χ4n) is 2.55. The van der Waals surface area contributed by atoms with Crippen molar-refractivity contribution in [2.75, 3.05) is 0 Å². The van der Waals surface area contributed by atoms with Gasteiger partial charge in [-0.3, -0.25) is 4.68 Å². The van der Waals surface area contributed by atoms with Gasteiger partial charge in [0, 0.05) is 10.7 Å². The minimum absolute atomic E-state index is 0.0792. The lowest BCUT2D eigenvalue weighted by atomic mass is 10.1. The zero-order chi connectivity index (χ0) is 17.3. The van der Waals surface area contributed by atoms with Gasteiger partial charge in [-0.05, 0) is 47.5 Å². The average Bonchev–Trinajstić information content (AvgIpc) is 3.09. The minimum atomic E-state index is 0.0792. The topological polar surface area (TPSA) is 56.7 Å². The van der Waals surface area contributed by atoms with E-state index in [0.717, 1.165) is 21.4 Å². The van der Waals surface area contributed by atoms with Gasteiger partial charge in [0.2, 0.25) is 11.8 Å². The van der Waals surface area contributed by atoms with E-state index in [4.69, 9.17) is 16.0 Å². The lowest BCUT2D eigenvalue weighted by Crippen LogP contribution is -2.09. The van der Waals surface area contributed by atoms with Crippen LogP contribution in [0.15, 0.2) is 33.2 Å². The van der Waals surface area contributed by atoms with Crippen LogP contribution in [0.3, 0.4) is 0 Å². The molecule has 1 unspecified atom stereocenters. The summed E-state index contributed by atoms with van der Waals surface area (Å²) in [5.74, 6) is 1.29. The molecule has 1 atom stereocenters. The summed E-state index contributed by atoms with van der Waals surface area (Å²) in [6, 6.07) is 7.66. The van der Waals surface area contributed by atoms with Crippen LogP contribution >= 0.6 is 27.5 Å². The van der Waals surface area contributed by atoms with Crippen molar-refractivity contribution in [3.63, 3.8) is 0 Å². The highest BCUT2D eigenvalue weighted by Crippen LogP contribution is 2.23. The average molecular weight is 410 g/mol. The molecule has 0 saturated carbocycles. The molecule has 3 aromatic rings. The van der Waals surface area contributed by atoms with Crippen LogP contribution in [-0.4, -0.2) is 20.0 Å². The Morgan fingerprint density at radius 2 is 2.08 bits per heavy atom. The van der Waals surface area contributed by atoms with Gasteiger partial charge >= 0.3 is 0 Å². The van der Waals surface area contributed by atoms with Crippen LogP contribution in [-0.2, 0) is 13.0 Å². The van der Waals surface area contributed by atoms with Crippen LogP contribution in [0.25, 0.3) is 0 Å². The van der Waals surface area contributed by atoms with E-state index in [2.05, 4.69) is 38.1 Å². The van der Waals surface area contributed by atoms with Crippen molar-refractivity contribution in [2.24, 2.45) is 0 Å². The molecular formula is C17H18BrClN4O. The second-order valence-corrected chi connectivity index (χ2v) is 7.14. The van der Waals surface area contributed by atoms with Gasteiger partial charge in [0.05, 0.1) is 29.1 Å². The summed E-state index contributed by atoms with van der Waals surface area (Å²) in [5.41, 5.74) is 3.12. The van der Waals surface area contributed by atoms with Gasteiger partial charge in [-0.2, -0.15) is 5.10 Å². The smallest absolute Gasteiger partial charge is 0.221 e. The normalized spacial score (nSPS) is 12.5. The summed E-state index contributed by atoms with van der Waals surface area (Å²) >= 11 is 9.55. The molecule has 0 spiro atoms. The molecule has 0 fully saturated rings. The summed E-state index contributed by atoms with van der Waals surface area (Å²) in [4.78, 5) is 0. The molecule has 24 heavy (non-hydrogen) atoms. The summed E-state index contributed by atoms with van der Waals surface area (Å²) in [7, 11) is 0. The lowest BCUT2D eigenvalue weighted by Gasteiger charge is -2.08. The van der Waals surface area contributed by atoms with E-state index in [-0.39, 0.29) is 5.92 Å². The summed E-state index contributed by atoms with van der Waals surface area (Å²) < 4.78 is 8.83. The summed E-state index contributed by atoms with van der Waals surface area (Å²) in [6.45, 7) is 6.77. The maximum absolute atomic E-state index is 6.01. The molecular weight excluding hydrogens is 392 g/mol. The van der Waals surface area contributed by atoms with Gasteiger partial charge in [0.15, 0.2) is 0 Å². The number of aromatic nitrogens is 4. The number of benzene rings is 1. The third kappa shape index (κ3) is 3.70. The first-order valence-electron chi connectivity index (χ1n) is 7.70. The lowest BCUT2D eigenvalue weighted by molar-refractivity contribution is 0.396. The quantitative estimate of drug-likeness (QED) is 0.613. The molecule has 0 aliphatic heterocycles. The number of hydrogen-bond acceptors (Lipinski definition) is 4. The Bertz CT molecular complexity index is 858. The van der Waals surface area contributed by atoms with Crippen molar-refractivity contribution in [1.29, 1.82) is 0 Å². The number of hydrogen-bond donors (Lipinski definition) is 0. The Kier molecular flexibility index (Phi) is 5.06. The highest BCUT2D eigenvalue weighted by atomic mass is 79.9. The van der Waals surface area contributed by atoms with E-state index in [1.54, 1.807) is 0 Å². The van der Waals surface area contributed by atoms with Crippen LogP contribution in [0.1, 0.15) is 41.6 Å². The van der Waals surface area contributed by atoms with Crippen LogP contribution in [0.5, 0.6) is 0 Å². The zero-order valence-corrected chi connectivity index (χ0v) is 16.1. The predicted molar refractivity (Wildman–Crippen MR) is 96.4 cm³/mol. The Morgan fingerprint density at radius 1 is 1.29 bits per heavy atom. The molecule has 126 valence electrons. The van der Waals surface area contributed by atoms with Crippen molar-refractivity contribution in [2.45, 2.75) is 39.7 Å². The minimum Gasteiger partial charge on any atom is -0.425 e. The first-order chi connectivity index (χ1) is 11.4. The standard InChI is InChI=1S/C17H18BrClN4O/c1-10(9-23-12(3)16(18)11(2)22-23)17-21-20-15(24-17)8-13-5-4-6-14(19)7-13/h4-7,10H,8-9H2,1-3H3. The summed E-state index contributed by atoms with van der Waals surface area (Å²) in [5, 5.41) is 13.6. The molecule has 0 radical (unpaired) electrons. The molecule has 1 aromatic carbocycles. The van der Waals surface area contributed by atoms with Crippen molar-refractivity contribution < 1.29 is 4.42 Å². The molecule has 0 saturated heterocycles. The summed E-state index contributed by atoms with van der Waals surface area (Å²) in [6.07, 6.45) is 0.575. The van der Waals surface area contributed by atoms with Gasteiger partial charge in [0.1, 0.15) is 0 Å². The second kappa shape index (κ2) is 7.07. The maximum Gasteiger partial charge on any atom is 0.221 e. The van der Waals surface area contributed by atoms with Crippen molar-refractivity contribution in [3.8, 4) is 0 Å². The van der Waals surface area contributed by atoms with Gasteiger partial charge in [-0.15, -0.1) is 10.2 Å². The van der Waals surface area contributed by atoms with E-state index < -0.39 is 0 Å². The van der Waals surface area contributed by atoms with E-state index in [0.29, 0.717) is 29.8 Å². The zero-order valence-electron chi connectivity index (χ0n) is 13.8. The first kappa shape index (κ1) is 17.2. The molecule has 0 aliphatic rings. The molecule has 0 amide bonds. The largest absolute Gasteiger partial charge is 0.425 e. The van der Waals surface area contributed by atoms with Crippen LogP contribution < -0.4 is 0 Å². The molecule has 2 heterocycles. The first-order valence-corrected chi connectivity index (χ1v) is 8.87. The molecule has 0 aliphatic carbocycles. The van der Waals surface area contributed by atoms with E-state index >= 15 is 0 Å².